The topological polar surface area (TPSA) is 159 Å². The fourth-order valence-corrected chi connectivity index (χ4v) is 4.54. The van der Waals surface area contributed by atoms with E-state index in [2.05, 4.69) is 24.1 Å². The number of benzene rings is 2. The molecule has 0 aliphatic carbocycles. The number of aliphatic hydroxyl groups is 1. The van der Waals surface area contributed by atoms with Crippen molar-refractivity contribution in [1.82, 2.24) is 10.6 Å². The molecular formula is C41H62N2O10. The Morgan fingerprint density at radius 3 is 1.58 bits per heavy atom. The maximum absolute atomic E-state index is 12.2. The average molecular weight is 743 g/mol. The predicted octanol–water partition coefficient (Wildman–Crippen LogP) is 7.56. The van der Waals surface area contributed by atoms with Gasteiger partial charge in [0.1, 0.15) is 36.5 Å². The van der Waals surface area contributed by atoms with Crippen LogP contribution in [0.3, 0.4) is 0 Å². The number of hydrogen-bond donors (Lipinski definition) is 3. The van der Waals surface area contributed by atoms with E-state index in [1.54, 1.807) is 47.6 Å². The second-order valence-corrected chi connectivity index (χ2v) is 14.5. The maximum Gasteiger partial charge on any atom is 0.408 e. The zero-order chi connectivity index (χ0) is 39.7. The van der Waals surface area contributed by atoms with Gasteiger partial charge in [-0.05, 0) is 105 Å². The Bertz CT molecular complexity index is 1330. The number of aliphatic hydroxyl groups excluding tert-OH is 1. The molecule has 0 spiro atoms. The number of hydrogen-bond acceptors (Lipinski definition) is 10. The van der Waals surface area contributed by atoms with E-state index in [0.29, 0.717) is 38.2 Å². The Hall–Kier alpha value is -4.42. The van der Waals surface area contributed by atoms with Crippen molar-refractivity contribution in [3.8, 4) is 0 Å². The lowest BCUT2D eigenvalue weighted by Gasteiger charge is -2.24. The van der Waals surface area contributed by atoms with E-state index >= 15 is 0 Å². The highest BCUT2D eigenvalue weighted by atomic mass is 16.6. The standard InChI is InChI=1S/C18H27NO5.C18H25NO4.C5H10O/c1-18(2,3)24-16(21)15(11-7-8-12-20)19-17(22)23-13-14-9-5-4-6-10-14;1-5-6-12-15(16(20)23-18(2,3)4)19-17(21)22-13-14-10-8-7-9-11-14;1-5-3-2-4-6-5/h4-6,9-10,15,20H,7-8,11-13H2,1-3H3,(H,19,22);5,7-11,15H,1,6,12-13H2,2-4H3,(H,19,21);5H,2-4H2,1H3/t2*15-;/m00./s1. The van der Waals surface area contributed by atoms with Crippen LogP contribution in [0.1, 0.15) is 105 Å². The first kappa shape index (κ1) is 46.6. The lowest BCUT2D eigenvalue weighted by atomic mass is 10.1. The van der Waals surface area contributed by atoms with Crippen molar-refractivity contribution < 1.29 is 48.0 Å². The van der Waals surface area contributed by atoms with E-state index < -0.39 is 47.4 Å². The highest BCUT2D eigenvalue weighted by Gasteiger charge is 2.28. The SMILES string of the molecule is C=CCC[C@H](NC(=O)OCc1ccccc1)C(=O)OC(C)(C)C.CC(C)(C)OC(=O)[C@H](CCCCO)NC(=O)OCc1ccccc1.CC1CCCO1. The van der Waals surface area contributed by atoms with Gasteiger partial charge in [0.05, 0.1) is 6.10 Å². The molecule has 0 bridgehead atoms. The Kier molecular flexibility index (Phi) is 22.5. The summed E-state index contributed by atoms with van der Waals surface area (Å²) in [7, 11) is 0. The Labute approximate surface area is 315 Å². The van der Waals surface area contributed by atoms with Gasteiger partial charge >= 0.3 is 24.1 Å². The number of nitrogens with one attached hydrogen (secondary N) is 2. The largest absolute Gasteiger partial charge is 0.458 e. The van der Waals surface area contributed by atoms with Gasteiger partial charge in [-0.15, -0.1) is 6.58 Å². The first-order valence-electron chi connectivity index (χ1n) is 18.3. The van der Waals surface area contributed by atoms with Crippen LogP contribution in [0.2, 0.25) is 0 Å². The fourth-order valence-electron chi connectivity index (χ4n) is 4.54. The van der Waals surface area contributed by atoms with Gasteiger partial charge in [0, 0.05) is 13.2 Å². The van der Waals surface area contributed by atoms with E-state index in [0.717, 1.165) is 17.7 Å². The molecule has 12 heteroatoms. The van der Waals surface area contributed by atoms with Crippen molar-refractivity contribution in [2.75, 3.05) is 13.2 Å². The van der Waals surface area contributed by atoms with Crippen molar-refractivity contribution in [1.29, 1.82) is 0 Å². The Morgan fingerprint density at radius 1 is 0.792 bits per heavy atom. The summed E-state index contributed by atoms with van der Waals surface area (Å²) >= 11 is 0. The smallest absolute Gasteiger partial charge is 0.408 e. The van der Waals surface area contributed by atoms with Gasteiger partial charge in [-0.25, -0.2) is 19.2 Å². The number of unbranched alkanes of at least 4 members (excludes halogenated alkanes) is 1. The van der Waals surface area contributed by atoms with Crippen molar-refractivity contribution in [2.24, 2.45) is 0 Å². The number of carbonyl (C=O) groups excluding carboxylic acids is 4. The van der Waals surface area contributed by atoms with Crippen LogP contribution in [0.5, 0.6) is 0 Å². The minimum atomic E-state index is -0.793. The molecule has 1 fully saturated rings. The third kappa shape index (κ3) is 24.5. The predicted molar refractivity (Wildman–Crippen MR) is 204 cm³/mol. The lowest BCUT2D eigenvalue weighted by Crippen LogP contribution is -2.44. The van der Waals surface area contributed by atoms with Crippen LogP contribution in [-0.4, -0.2) is 71.8 Å². The fraction of sp³-hybridized carbons (Fsp3) is 0.561. The third-order valence-corrected chi connectivity index (χ3v) is 7.11. The molecule has 12 nitrogen and oxygen atoms in total. The monoisotopic (exact) mass is 742 g/mol. The Balaban J connectivity index is 0.000000456. The summed E-state index contributed by atoms with van der Waals surface area (Å²) in [5.74, 6) is -0.979. The van der Waals surface area contributed by atoms with Gasteiger partial charge in [-0.2, -0.15) is 0 Å². The molecule has 296 valence electrons. The summed E-state index contributed by atoms with van der Waals surface area (Å²) in [6.07, 6.45) is 5.99. The molecule has 2 amide bonds. The highest BCUT2D eigenvalue weighted by molar-refractivity contribution is 5.82. The molecule has 53 heavy (non-hydrogen) atoms. The summed E-state index contributed by atoms with van der Waals surface area (Å²) in [6, 6.07) is 17.1. The van der Waals surface area contributed by atoms with Crippen molar-refractivity contribution in [2.45, 2.75) is 136 Å². The minimum Gasteiger partial charge on any atom is -0.458 e. The zero-order valence-electron chi connectivity index (χ0n) is 32.7. The molecule has 3 atom stereocenters. The number of carbonyl (C=O) groups is 4. The molecule has 1 heterocycles. The number of esters is 2. The van der Waals surface area contributed by atoms with Crippen molar-refractivity contribution in [3.63, 3.8) is 0 Å². The van der Waals surface area contributed by atoms with Crippen LogP contribution in [-0.2, 0) is 46.5 Å². The number of ether oxygens (including phenoxy) is 5. The number of amides is 2. The molecule has 2 aromatic carbocycles. The summed E-state index contributed by atoms with van der Waals surface area (Å²) < 4.78 is 26.1. The van der Waals surface area contributed by atoms with E-state index in [9.17, 15) is 19.2 Å². The van der Waals surface area contributed by atoms with Gasteiger partial charge in [-0.1, -0.05) is 66.7 Å². The second kappa shape index (κ2) is 25.5. The van der Waals surface area contributed by atoms with Crippen LogP contribution in [0.25, 0.3) is 0 Å². The van der Waals surface area contributed by atoms with Crippen LogP contribution < -0.4 is 10.6 Å². The van der Waals surface area contributed by atoms with Crippen LogP contribution in [0.4, 0.5) is 9.59 Å². The normalized spacial score (nSPS) is 14.8. The molecule has 1 saturated heterocycles. The summed E-state index contributed by atoms with van der Waals surface area (Å²) in [6.45, 7) is 17.7. The summed E-state index contributed by atoms with van der Waals surface area (Å²) in [5, 5.41) is 14.0. The van der Waals surface area contributed by atoms with Gasteiger partial charge in [0.15, 0.2) is 0 Å². The molecule has 1 aliphatic heterocycles. The minimum absolute atomic E-state index is 0.0412. The molecular weight excluding hydrogens is 680 g/mol. The molecule has 1 aliphatic rings. The van der Waals surface area contributed by atoms with E-state index in [-0.39, 0.29) is 19.8 Å². The number of allylic oxidation sites excluding steroid dienone is 1. The second-order valence-electron chi connectivity index (χ2n) is 14.5. The number of alkyl carbamates (subject to hydrolysis) is 2. The van der Waals surface area contributed by atoms with Crippen LogP contribution >= 0.6 is 0 Å². The molecule has 3 N–H and O–H groups in total. The van der Waals surface area contributed by atoms with E-state index in [1.807, 2.05) is 60.7 Å². The van der Waals surface area contributed by atoms with Gasteiger partial charge in [0.25, 0.3) is 0 Å². The van der Waals surface area contributed by atoms with Crippen LogP contribution in [0.15, 0.2) is 73.3 Å². The third-order valence-electron chi connectivity index (χ3n) is 7.11. The average Bonchev–Trinajstić information content (AvgIpc) is 3.58. The zero-order valence-corrected chi connectivity index (χ0v) is 32.7. The van der Waals surface area contributed by atoms with E-state index in [1.165, 1.54) is 12.8 Å². The maximum atomic E-state index is 12.2. The van der Waals surface area contributed by atoms with Gasteiger partial charge < -0.3 is 39.4 Å². The first-order valence-corrected chi connectivity index (χ1v) is 18.3. The van der Waals surface area contributed by atoms with Gasteiger partial charge in [-0.3, -0.25) is 0 Å². The summed E-state index contributed by atoms with van der Waals surface area (Å²) in [4.78, 5) is 48.2. The molecule has 3 rings (SSSR count). The molecule has 0 radical (unpaired) electrons. The van der Waals surface area contributed by atoms with Crippen LogP contribution in [0, 0.1) is 0 Å². The molecule has 0 saturated carbocycles. The quantitative estimate of drug-likeness (QED) is 0.0720. The Morgan fingerprint density at radius 2 is 1.25 bits per heavy atom. The summed E-state index contributed by atoms with van der Waals surface area (Å²) in [5.41, 5.74) is 0.491. The highest BCUT2D eigenvalue weighted by Crippen LogP contribution is 2.13. The lowest BCUT2D eigenvalue weighted by molar-refractivity contribution is -0.158. The van der Waals surface area contributed by atoms with Gasteiger partial charge in [0.2, 0.25) is 0 Å². The molecule has 1 unspecified atom stereocenters. The molecule has 2 aromatic rings. The first-order chi connectivity index (χ1) is 25.0. The molecule has 0 aromatic heterocycles. The van der Waals surface area contributed by atoms with E-state index in [4.69, 9.17) is 28.8 Å². The van der Waals surface area contributed by atoms with Crippen molar-refractivity contribution >= 4 is 24.1 Å². The number of rotatable bonds is 15. The van der Waals surface area contributed by atoms with Crippen molar-refractivity contribution in [3.05, 3.63) is 84.4 Å².